The first-order valence-electron chi connectivity index (χ1n) is 9.84. The zero-order valence-electron chi connectivity index (χ0n) is 18.4. The van der Waals surface area contributed by atoms with Gasteiger partial charge in [-0.2, -0.15) is 0 Å². The van der Waals surface area contributed by atoms with E-state index in [0.29, 0.717) is 17.2 Å². The van der Waals surface area contributed by atoms with Gasteiger partial charge >= 0.3 is 5.97 Å². The van der Waals surface area contributed by atoms with Crippen molar-refractivity contribution >= 4 is 33.0 Å². The van der Waals surface area contributed by atoms with Crippen LogP contribution in [0.2, 0.25) is 0 Å². The lowest BCUT2D eigenvalue weighted by Gasteiger charge is -2.16. The third-order valence-electron chi connectivity index (χ3n) is 4.84. The Bertz CT molecular complexity index is 1240. The minimum absolute atomic E-state index is 0.0154. The van der Waals surface area contributed by atoms with Crippen LogP contribution < -0.4 is 9.46 Å². The van der Waals surface area contributed by atoms with Crippen LogP contribution in [0.1, 0.15) is 46.1 Å². The Hall–Kier alpha value is -3.04. The van der Waals surface area contributed by atoms with E-state index < -0.39 is 16.0 Å². The predicted octanol–water partition coefficient (Wildman–Crippen LogP) is 5.57. The number of hydrogen-bond donors (Lipinski definition) is 2. The van der Waals surface area contributed by atoms with Gasteiger partial charge in [-0.25, -0.2) is 13.2 Å². The number of phenols is 1. The van der Waals surface area contributed by atoms with Gasteiger partial charge in [0, 0.05) is 11.3 Å². The minimum Gasteiger partial charge on any atom is -0.508 e. The Morgan fingerprint density at radius 2 is 1.75 bits per heavy atom. The SMILES string of the molecule is COC(=O)c1sccc1S(=O)(=O)Nc1cc(C)c(Oc2ccc(O)c(C(C)C)c2)c(C)c1. The van der Waals surface area contributed by atoms with Gasteiger partial charge in [-0.05, 0) is 72.7 Å². The normalized spacial score (nSPS) is 11.4. The number of aryl methyl sites for hydroxylation is 2. The number of anilines is 1. The molecule has 3 rings (SSSR count). The van der Waals surface area contributed by atoms with Gasteiger partial charge in [0.05, 0.1) is 7.11 Å². The van der Waals surface area contributed by atoms with Crippen molar-refractivity contribution in [3.05, 3.63) is 63.3 Å². The molecule has 0 fully saturated rings. The Morgan fingerprint density at radius 3 is 2.34 bits per heavy atom. The number of thiophene rings is 1. The van der Waals surface area contributed by atoms with E-state index >= 15 is 0 Å². The molecule has 170 valence electrons. The maximum Gasteiger partial charge on any atom is 0.349 e. The number of aromatic hydroxyl groups is 1. The summed E-state index contributed by atoms with van der Waals surface area (Å²) in [6.45, 7) is 7.59. The molecular weight excluding hydrogens is 450 g/mol. The van der Waals surface area contributed by atoms with E-state index in [4.69, 9.17) is 4.74 Å². The van der Waals surface area contributed by atoms with E-state index in [1.165, 1.54) is 18.6 Å². The molecular formula is C23H25NO6S2. The molecule has 32 heavy (non-hydrogen) atoms. The molecule has 2 aromatic carbocycles. The van der Waals surface area contributed by atoms with Gasteiger partial charge in [-0.1, -0.05) is 13.8 Å². The number of nitrogens with one attached hydrogen (secondary N) is 1. The molecule has 0 saturated heterocycles. The molecule has 9 heteroatoms. The summed E-state index contributed by atoms with van der Waals surface area (Å²) in [7, 11) is -2.79. The summed E-state index contributed by atoms with van der Waals surface area (Å²) in [6, 6.07) is 9.76. The van der Waals surface area contributed by atoms with E-state index in [2.05, 4.69) is 9.46 Å². The van der Waals surface area contributed by atoms with Crippen molar-refractivity contribution in [1.29, 1.82) is 0 Å². The topological polar surface area (TPSA) is 102 Å². The highest BCUT2D eigenvalue weighted by Crippen LogP contribution is 2.36. The van der Waals surface area contributed by atoms with Gasteiger partial charge in [0.1, 0.15) is 27.0 Å². The van der Waals surface area contributed by atoms with Crippen LogP contribution in [-0.2, 0) is 14.8 Å². The quantitative estimate of drug-likeness (QED) is 0.433. The fourth-order valence-electron chi connectivity index (χ4n) is 3.31. The summed E-state index contributed by atoms with van der Waals surface area (Å²) >= 11 is 1.00. The third kappa shape index (κ3) is 4.89. The summed E-state index contributed by atoms with van der Waals surface area (Å²) in [5, 5.41) is 11.5. The molecule has 0 spiro atoms. The number of esters is 1. The molecule has 0 radical (unpaired) electrons. The molecule has 0 aliphatic carbocycles. The summed E-state index contributed by atoms with van der Waals surface area (Å²) in [4.78, 5) is 11.8. The highest BCUT2D eigenvalue weighted by Gasteiger charge is 2.25. The molecule has 0 unspecified atom stereocenters. The lowest BCUT2D eigenvalue weighted by Crippen LogP contribution is -2.16. The monoisotopic (exact) mass is 475 g/mol. The van der Waals surface area contributed by atoms with Crippen LogP contribution in [0.4, 0.5) is 5.69 Å². The molecule has 0 aliphatic rings. The summed E-state index contributed by atoms with van der Waals surface area (Å²) in [6.07, 6.45) is 0. The van der Waals surface area contributed by atoms with Gasteiger partial charge in [0.15, 0.2) is 0 Å². The van der Waals surface area contributed by atoms with Crippen LogP contribution in [-0.4, -0.2) is 26.6 Å². The molecule has 3 aromatic rings. The molecule has 1 heterocycles. The van der Waals surface area contributed by atoms with Crippen LogP contribution in [0.5, 0.6) is 17.2 Å². The van der Waals surface area contributed by atoms with Crippen molar-refractivity contribution in [3.8, 4) is 17.2 Å². The number of phenolic OH excluding ortho intramolecular Hbond substituents is 1. The number of benzene rings is 2. The number of hydrogen-bond acceptors (Lipinski definition) is 7. The fourth-order valence-corrected chi connectivity index (χ4v) is 5.68. The Morgan fingerprint density at radius 1 is 1.09 bits per heavy atom. The maximum atomic E-state index is 12.9. The highest BCUT2D eigenvalue weighted by molar-refractivity contribution is 7.93. The smallest absolute Gasteiger partial charge is 0.349 e. The molecule has 7 nitrogen and oxygen atoms in total. The summed E-state index contributed by atoms with van der Waals surface area (Å²) < 4.78 is 39.0. The van der Waals surface area contributed by atoms with E-state index in [0.717, 1.165) is 28.0 Å². The number of ether oxygens (including phenoxy) is 2. The largest absolute Gasteiger partial charge is 0.508 e. The van der Waals surface area contributed by atoms with Crippen molar-refractivity contribution in [2.45, 2.75) is 38.5 Å². The zero-order valence-corrected chi connectivity index (χ0v) is 20.1. The second kappa shape index (κ2) is 9.22. The van der Waals surface area contributed by atoms with E-state index in [1.54, 1.807) is 30.3 Å². The van der Waals surface area contributed by atoms with Crippen LogP contribution in [0.3, 0.4) is 0 Å². The Kier molecular flexibility index (Phi) is 6.80. The summed E-state index contributed by atoms with van der Waals surface area (Å²) in [5.74, 6) is 0.812. The van der Waals surface area contributed by atoms with Gasteiger partial charge < -0.3 is 14.6 Å². The molecule has 2 N–H and O–H groups in total. The first kappa shape index (κ1) is 23.6. The van der Waals surface area contributed by atoms with Crippen LogP contribution in [0.15, 0.2) is 46.7 Å². The number of sulfonamides is 1. The van der Waals surface area contributed by atoms with Gasteiger partial charge in [-0.3, -0.25) is 4.72 Å². The lowest BCUT2D eigenvalue weighted by atomic mass is 10.0. The molecule has 1 aromatic heterocycles. The van der Waals surface area contributed by atoms with Crippen LogP contribution in [0, 0.1) is 13.8 Å². The number of methoxy groups -OCH3 is 1. The number of carbonyl (C=O) groups excluding carboxylic acids is 1. The van der Waals surface area contributed by atoms with E-state index in [9.17, 15) is 18.3 Å². The second-order valence-electron chi connectivity index (χ2n) is 7.63. The number of rotatable bonds is 7. The first-order chi connectivity index (χ1) is 15.0. The predicted molar refractivity (Wildman–Crippen MR) is 125 cm³/mol. The maximum absolute atomic E-state index is 12.9. The minimum atomic E-state index is -3.99. The Balaban J connectivity index is 1.89. The van der Waals surface area contributed by atoms with Gasteiger partial charge in [0.25, 0.3) is 10.0 Å². The highest BCUT2D eigenvalue weighted by atomic mass is 32.2. The van der Waals surface area contributed by atoms with E-state index in [1.807, 2.05) is 27.7 Å². The van der Waals surface area contributed by atoms with Crippen molar-refractivity contribution < 1.29 is 27.8 Å². The lowest BCUT2D eigenvalue weighted by molar-refractivity contribution is 0.0602. The summed E-state index contributed by atoms with van der Waals surface area (Å²) in [5.41, 5.74) is 2.57. The van der Waals surface area contributed by atoms with Crippen molar-refractivity contribution in [3.63, 3.8) is 0 Å². The van der Waals surface area contributed by atoms with Gasteiger partial charge in [-0.15, -0.1) is 11.3 Å². The average molecular weight is 476 g/mol. The number of carbonyl (C=O) groups is 1. The van der Waals surface area contributed by atoms with Crippen LogP contribution >= 0.6 is 11.3 Å². The van der Waals surface area contributed by atoms with Crippen LogP contribution in [0.25, 0.3) is 0 Å². The molecule has 0 atom stereocenters. The molecule has 0 amide bonds. The van der Waals surface area contributed by atoms with E-state index in [-0.39, 0.29) is 21.4 Å². The molecule has 0 aliphatic heterocycles. The zero-order chi connectivity index (χ0) is 23.6. The van der Waals surface area contributed by atoms with Crippen molar-refractivity contribution in [2.75, 3.05) is 11.8 Å². The fraction of sp³-hybridized carbons (Fsp3) is 0.261. The first-order valence-corrected chi connectivity index (χ1v) is 12.2. The average Bonchev–Trinajstić information content (AvgIpc) is 3.22. The molecule has 0 bridgehead atoms. The third-order valence-corrected chi connectivity index (χ3v) is 7.29. The Labute approximate surface area is 191 Å². The second-order valence-corrected chi connectivity index (χ2v) is 10.2. The van der Waals surface area contributed by atoms with Crippen molar-refractivity contribution in [1.82, 2.24) is 0 Å². The standard InChI is InChI=1S/C23H25NO6S2/c1-13(2)18-12-17(6-7-19(18)25)30-21-14(3)10-16(11-15(21)4)24-32(27,28)20-8-9-31-22(20)23(26)29-5/h6-13,24-25H,1-5H3. The van der Waals surface area contributed by atoms with Gasteiger partial charge in [0.2, 0.25) is 0 Å². The molecule has 0 saturated carbocycles. The van der Waals surface area contributed by atoms with Crippen molar-refractivity contribution in [2.24, 2.45) is 0 Å².